The molecule has 144 valence electrons. The van der Waals surface area contributed by atoms with Crippen LogP contribution in [0.2, 0.25) is 0 Å². The van der Waals surface area contributed by atoms with Crippen LogP contribution >= 0.6 is 15.9 Å². The molecule has 0 bridgehead atoms. The zero-order chi connectivity index (χ0) is 20.5. The Kier molecular flexibility index (Phi) is 5.20. The Morgan fingerprint density at radius 3 is 2.45 bits per heavy atom. The molecule has 0 amide bonds. The zero-order valence-corrected chi connectivity index (χ0v) is 18.1. The van der Waals surface area contributed by atoms with Crippen LogP contribution in [0.25, 0.3) is 22.2 Å². The van der Waals surface area contributed by atoms with Crippen LogP contribution < -0.4 is 4.74 Å². The second-order valence-corrected chi connectivity index (χ2v) is 8.09. The number of halogens is 1. The lowest BCUT2D eigenvalue weighted by molar-refractivity contribution is 0.0735. The van der Waals surface area contributed by atoms with Gasteiger partial charge in [-0.05, 0) is 68.3 Å². The van der Waals surface area contributed by atoms with E-state index in [1.54, 1.807) is 0 Å². The smallest absolute Gasteiger partial charge is 0.344 e. The lowest BCUT2D eigenvalue weighted by atomic mass is 10.0. The van der Waals surface area contributed by atoms with Crippen LogP contribution in [0.1, 0.15) is 27.0 Å². The van der Waals surface area contributed by atoms with Crippen molar-refractivity contribution in [3.8, 4) is 17.0 Å². The molecule has 0 N–H and O–H groups in total. The number of rotatable bonds is 3. The van der Waals surface area contributed by atoms with Gasteiger partial charge >= 0.3 is 5.97 Å². The van der Waals surface area contributed by atoms with Crippen LogP contribution in [0.15, 0.2) is 71.2 Å². The summed E-state index contributed by atoms with van der Waals surface area (Å²) in [6.45, 7) is 5.96. The summed E-state index contributed by atoms with van der Waals surface area (Å²) in [6, 6.07) is 21.3. The number of aryl methyl sites for hydroxylation is 2. The van der Waals surface area contributed by atoms with Crippen LogP contribution in [0.3, 0.4) is 0 Å². The largest absolute Gasteiger partial charge is 0.423 e. The highest BCUT2D eigenvalue weighted by atomic mass is 79.9. The summed E-state index contributed by atoms with van der Waals surface area (Å²) in [4.78, 5) is 18.0. The van der Waals surface area contributed by atoms with Crippen molar-refractivity contribution in [1.82, 2.24) is 4.98 Å². The van der Waals surface area contributed by atoms with E-state index >= 15 is 0 Å². The minimum Gasteiger partial charge on any atom is -0.423 e. The number of pyridine rings is 1. The number of ether oxygens (including phenoxy) is 1. The van der Waals surface area contributed by atoms with Gasteiger partial charge in [0.25, 0.3) is 0 Å². The molecule has 0 unspecified atom stereocenters. The van der Waals surface area contributed by atoms with Crippen LogP contribution in [0.4, 0.5) is 0 Å². The molecule has 0 spiro atoms. The second-order valence-electron chi connectivity index (χ2n) is 7.17. The van der Waals surface area contributed by atoms with Crippen molar-refractivity contribution in [3.63, 3.8) is 0 Å². The first kappa shape index (κ1) is 19.3. The number of benzene rings is 3. The first-order valence-electron chi connectivity index (χ1n) is 9.38. The van der Waals surface area contributed by atoms with E-state index in [0.717, 1.165) is 43.3 Å². The Balaban J connectivity index is 1.84. The molecule has 1 aromatic heterocycles. The molecule has 3 aromatic carbocycles. The molecule has 0 saturated heterocycles. The number of esters is 1. The molecular formula is C25H20BrNO2. The van der Waals surface area contributed by atoms with E-state index in [1.165, 1.54) is 0 Å². The van der Waals surface area contributed by atoms with Crippen molar-refractivity contribution in [1.29, 1.82) is 0 Å². The molecule has 0 aliphatic heterocycles. The lowest BCUT2D eigenvalue weighted by Gasteiger charge is -2.12. The first-order chi connectivity index (χ1) is 13.9. The fourth-order valence-electron chi connectivity index (χ4n) is 3.27. The van der Waals surface area contributed by atoms with Gasteiger partial charge in [-0.2, -0.15) is 0 Å². The molecule has 29 heavy (non-hydrogen) atoms. The SMILES string of the molecule is Cc1ccc2nc(-c3ccc(Br)cc3)cc(C(=O)Oc3cccc(C)c3C)c2c1. The predicted octanol–water partition coefficient (Wildman–Crippen LogP) is 6.81. The van der Waals surface area contributed by atoms with Crippen molar-refractivity contribution in [2.75, 3.05) is 0 Å². The van der Waals surface area contributed by atoms with E-state index < -0.39 is 0 Å². The maximum absolute atomic E-state index is 13.2. The molecule has 0 aliphatic carbocycles. The van der Waals surface area contributed by atoms with Crippen molar-refractivity contribution in [2.24, 2.45) is 0 Å². The van der Waals surface area contributed by atoms with Crippen molar-refractivity contribution < 1.29 is 9.53 Å². The number of aromatic nitrogens is 1. The monoisotopic (exact) mass is 445 g/mol. The maximum atomic E-state index is 13.2. The van der Waals surface area contributed by atoms with Crippen LogP contribution in [-0.2, 0) is 0 Å². The Labute approximate surface area is 178 Å². The average molecular weight is 446 g/mol. The standard InChI is InChI=1S/C25H20BrNO2/c1-15-7-12-22-20(13-15)21(14-23(27-22)18-8-10-19(26)11-9-18)25(28)29-24-6-4-5-16(2)17(24)3/h4-14H,1-3H3. The second kappa shape index (κ2) is 7.80. The van der Waals surface area contributed by atoms with E-state index in [2.05, 4.69) is 15.9 Å². The van der Waals surface area contributed by atoms with Crippen molar-refractivity contribution >= 4 is 32.8 Å². The van der Waals surface area contributed by atoms with Gasteiger partial charge in [-0.3, -0.25) is 0 Å². The molecule has 4 rings (SSSR count). The Hall–Kier alpha value is -2.98. The minimum absolute atomic E-state index is 0.380. The Morgan fingerprint density at radius 1 is 0.931 bits per heavy atom. The molecule has 3 nitrogen and oxygen atoms in total. The number of nitrogens with zero attached hydrogens (tertiary/aromatic N) is 1. The molecule has 4 heteroatoms. The molecule has 0 radical (unpaired) electrons. The maximum Gasteiger partial charge on any atom is 0.344 e. The van der Waals surface area contributed by atoms with Gasteiger partial charge in [0.05, 0.1) is 16.8 Å². The van der Waals surface area contributed by atoms with Gasteiger partial charge in [0.15, 0.2) is 0 Å². The topological polar surface area (TPSA) is 39.2 Å². The average Bonchev–Trinajstić information content (AvgIpc) is 2.71. The quantitative estimate of drug-likeness (QED) is 0.256. The molecular weight excluding hydrogens is 426 g/mol. The highest BCUT2D eigenvalue weighted by molar-refractivity contribution is 9.10. The number of hydrogen-bond donors (Lipinski definition) is 0. The van der Waals surface area contributed by atoms with Gasteiger partial charge < -0.3 is 4.74 Å². The van der Waals surface area contributed by atoms with Crippen LogP contribution in [-0.4, -0.2) is 11.0 Å². The molecule has 0 atom stereocenters. The fourth-order valence-corrected chi connectivity index (χ4v) is 3.53. The van der Waals surface area contributed by atoms with Crippen molar-refractivity contribution in [3.05, 3.63) is 93.5 Å². The fraction of sp³-hybridized carbons (Fsp3) is 0.120. The minimum atomic E-state index is -0.380. The van der Waals surface area contributed by atoms with Crippen molar-refractivity contribution in [2.45, 2.75) is 20.8 Å². The lowest BCUT2D eigenvalue weighted by Crippen LogP contribution is -2.11. The van der Waals surface area contributed by atoms with E-state index in [4.69, 9.17) is 9.72 Å². The van der Waals surface area contributed by atoms with Gasteiger partial charge in [0.2, 0.25) is 0 Å². The van der Waals surface area contributed by atoms with Crippen LogP contribution in [0.5, 0.6) is 5.75 Å². The summed E-state index contributed by atoms with van der Waals surface area (Å²) < 4.78 is 6.79. The molecule has 0 aliphatic rings. The van der Waals surface area contributed by atoms with Gasteiger partial charge in [-0.15, -0.1) is 0 Å². The molecule has 0 fully saturated rings. The van der Waals surface area contributed by atoms with Gasteiger partial charge in [0, 0.05) is 15.4 Å². The summed E-state index contributed by atoms with van der Waals surface area (Å²) >= 11 is 3.46. The third-order valence-electron chi connectivity index (χ3n) is 5.08. The third-order valence-corrected chi connectivity index (χ3v) is 5.61. The van der Waals surface area contributed by atoms with Gasteiger partial charge in [-0.25, -0.2) is 9.78 Å². The summed E-state index contributed by atoms with van der Waals surface area (Å²) in [7, 11) is 0. The number of carbonyl (C=O) groups is 1. The predicted molar refractivity (Wildman–Crippen MR) is 120 cm³/mol. The van der Waals surface area contributed by atoms with E-state index in [9.17, 15) is 4.79 Å². The first-order valence-corrected chi connectivity index (χ1v) is 10.2. The zero-order valence-electron chi connectivity index (χ0n) is 16.5. The summed E-state index contributed by atoms with van der Waals surface area (Å²) in [5.41, 5.74) is 6.07. The van der Waals surface area contributed by atoms with E-state index in [1.807, 2.05) is 87.5 Å². The van der Waals surface area contributed by atoms with E-state index in [-0.39, 0.29) is 5.97 Å². The van der Waals surface area contributed by atoms with Gasteiger partial charge in [0.1, 0.15) is 5.75 Å². The summed E-state index contributed by atoms with van der Waals surface area (Å²) in [5.74, 6) is 0.202. The molecule has 1 heterocycles. The van der Waals surface area contributed by atoms with E-state index in [0.29, 0.717) is 11.3 Å². The van der Waals surface area contributed by atoms with Gasteiger partial charge in [-0.1, -0.05) is 51.8 Å². The Bertz CT molecular complexity index is 1230. The highest BCUT2D eigenvalue weighted by Crippen LogP contribution is 2.29. The Morgan fingerprint density at radius 2 is 1.69 bits per heavy atom. The number of hydrogen-bond acceptors (Lipinski definition) is 3. The normalized spacial score (nSPS) is 10.9. The molecule has 0 saturated carbocycles. The summed E-state index contributed by atoms with van der Waals surface area (Å²) in [6.07, 6.45) is 0. The molecule has 4 aromatic rings. The van der Waals surface area contributed by atoms with Crippen LogP contribution in [0, 0.1) is 20.8 Å². The number of carbonyl (C=O) groups excluding carboxylic acids is 1. The highest BCUT2D eigenvalue weighted by Gasteiger charge is 2.17. The third kappa shape index (κ3) is 3.94. The summed E-state index contributed by atoms with van der Waals surface area (Å²) in [5, 5.41) is 0.793. The number of fused-ring (bicyclic) bond motifs is 1.